The normalized spacial score (nSPS) is 13.3. The number of hydrogen-bond donors (Lipinski definition) is 1. The lowest BCUT2D eigenvalue weighted by atomic mass is 9.77. The van der Waals surface area contributed by atoms with Crippen molar-refractivity contribution in [2.75, 3.05) is 0 Å². The molecule has 19 heavy (non-hydrogen) atoms. The first-order valence-electron chi connectivity index (χ1n) is 6.11. The molecule has 1 unspecified atom stereocenters. The molecular weight excluding hydrogens is 263 g/mol. The second kappa shape index (κ2) is 5.32. The molecule has 0 aliphatic heterocycles. The molecule has 0 fully saturated rings. The maximum atomic E-state index is 13.3. The highest BCUT2D eigenvalue weighted by Gasteiger charge is 2.32. The van der Waals surface area contributed by atoms with Gasteiger partial charge < -0.3 is 5.11 Å². The van der Waals surface area contributed by atoms with Gasteiger partial charge in [0.15, 0.2) is 0 Å². The van der Waals surface area contributed by atoms with Gasteiger partial charge in [0, 0.05) is 16.0 Å². The minimum Gasteiger partial charge on any atom is -0.387 e. The van der Waals surface area contributed by atoms with E-state index in [0.29, 0.717) is 10.6 Å². The average Bonchev–Trinajstić information content (AvgIpc) is 2.41. The zero-order valence-corrected chi connectivity index (χ0v) is 11.7. The Kier molecular flexibility index (Phi) is 3.93. The van der Waals surface area contributed by atoms with Crippen LogP contribution in [0.25, 0.3) is 0 Å². The summed E-state index contributed by atoms with van der Waals surface area (Å²) in [5, 5.41) is 10.9. The van der Waals surface area contributed by atoms with Gasteiger partial charge in [-0.25, -0.2) is 4.39 Å². The van der Waals surface area contributed by atoms with Crippen molar-refractivity contribution in [3.63, 3.8) is 0 Å². The van der Waals surface area contributed by atoms with Crippen LogP contribution in [0.1, 0.15) is 31.1 Å². The van der Waals surface area contributed by atoms with Crippen LogP contribution in [0.4, 0.5) is 4.39 Å². The van der Waals surface area contributed by atoms with E-state index < -0.39 is 17.3 Å². The van der Waals surface area contributed by atoms with E-state index in [0.717, 1.165) is 5.56 Å². The van der Waals surface area contributed by atoms with Gasteiger partial charge in [0.05, 0.1) is 6.10 Å². The Labute approximate surface area is 117 Å². The summed E-state index contributed by atoms with van der Waals surface area (Å²) in [6.45, 7) is 3.82. The molecule has 1 N–H and O–H groups in total. The molecule has 0 bridgehead atoms. The summed E-state index contributed by atoms with van der Waals surface area (Å²) in [4.78, 5) is 0. The van der Waals surface area contributed by atoms with E-state index in [9.17, 15) is 9.50 Å². The van der Waals surface area contributed by atoms with Gasteiger partial charge in [-0.2, -0.15) is 0 Å². The van der Waals surface area contributed by atoms with Gasteiger partial charge in [0.25, 0.3) is 0 Å². The highest BCUT2D eigenvalue weighted by molar-refractivity contribution is 6.31. The number of halogens is 2. The SMILES string of the molecule is CC(C)(c1ccccc1)C(O)c1cc(F)ccc1Cl. The summed E-state index contributed by atoms with van der Waals surface area (Å²) in [7, 11) is 0. The Hall–Kier alpha value is -1.38. The van der Waals surface area contributed by atoms with Crippen LogP contribution in [0, 0.1) is 5.82 Å². The highest BCUT2D eigenvalue weighted by atomic mass is 35.5. The first-order chi connectivity index (χ1) is 8.93. The van der Waals surface area contributed by atoms with Crippen molar-refractivity contribution in [2.45, 2.75) is 25.4 Å². The second-order valence-electron chi connectivity index (χ2n) is 5.16. The number of rotatable bonds is 3. The number of hydrogen-bond acceptors (Lipinski definition) is 1. The van der Waals surface area contributed by atoms with Crippen LogP contribution in [0.15, 0.2) is 48.5 Å². The van der Waals surface area contributed by atoms with Crippen LogP contribution in [0.3, 0.4) is 0 Å². The van der Waals surface area contributed by atoms with Crippen molar-refractivity contribution in [3.8, 4) is 0 Å². The maximum absolute atomic E-state index is 13.3. The van der Waals surface area contributed by atoms with Crippen LogP contribution in [0.2, 0.25) is 5.02 Å². The van der Waals surface area contributed by atoms with Gasteiger partial charge >= 0.3 is 0 Å². The molecule has 0 aliphatic rings. The molecule has 0 saturated carbocycles. The van der Waals surface area contributed by atoms with E-state index in [1.807, 2.05) is 44.2 Å². The largest absolute Gasteiger partial charge is 0.387 e. The quantitative estimate of drug-likeness (QED) is 0.877. The van der Waals surface area contributed by atoms with E-state index >= 15 is 0 Å². The molecule has 1 nitrogen and oxygen atoms in total. The molecule has 2 aromatic carbocycles. The summed E-state index contributed by atoms with van der Waals surface area (Å²) in [5.74, 6) is -0.401. The molecule has 0 spiro atoms. The highest BCUT2D eigenvalue weighted by Crippen LogP contribution is 2.39. The zero-order valence-electron chi connectivity index (χ0n) is 10.9. The smallest absolute Gasteiger partial charge is 0.123 e. The molecule has 0 aromatic heterocycles. The van der Waals surface area contributed by atoms with E-state index in [-0.39, 0.29) is 0 Å². The monoisotopic (exact) mass is 278 g/mol. The van der Waals surface area contributed by atoms with Gasteiger partial charge in [0.2, 0.25) is 0 Å². The third-order valence-electron chi connectivity index (χ3n) is 3.45. The van der Waals surface area contributed by atoms with E-state index in [1.54, 1.807) is 0 Å². The van der Waals surface area contributed by atoms with Crippen molar-refractivity contribution in [1.29, 1.82) is 0 Å². The van der Waals surface area contributed by atoms with Gasteiger partial charge in [-0.3, -0.25) is 0 Å². The molecule has 0 amide bonds. The van der Waals surface area contributed by atoms with Crippen molar-refractivity contribution in [2.24, 2.45) is 0 Å². The van der Waals surface area contributed by atoms with Crippen LogP contribution in [0.5, 0.6) is 0 Å². The predicted octanol–water partition coefficient (Wildman–Crippen LogP) is 4.49. The van der Waals surface area contributed by atoms with Gasteiger partial charge in [0.1, 0.15) is 5.82 Å². The molecule has 0 heterocycles. The topological polar surface area (TPSA) is 20.2 Å². The van der Waals surface area contributed by atoms with Crippen molar-refractivity contribution >= 4 is 11.6 Å². The molecule has 2 rings (SSSR count). The molecule has 100 valence electrons. The lowest BCUT2D eigenvalue weighted by molar-refractivity contribution is 0.100. The maximum Gasteiger partial charge on any atom is 0.123 e. The summed E-state index contributed by atoms with van der Waals surface area (Å²) < 4.78 is 13.3. The number of benzene rings is 2. The van der Waals surface area contributed by atoms with Crippen LogP contribution >= 0.6 is 11.6 Å². The van der Waals surface area contributed by atoms with Crippen molar-refractivity contribution < 1.29 is 9.50 Å². The zero-order chi connectivity index (χ0) is 14.0. The van der Waals surface area contributed by atoms with E-state index in [1.165, 1.54) is 18.2 Å². The van der Waals surface area contributed by atoms with Crippen molar-refractivity contribution in [3.05, 3.63) is 70.5 Å². The summed E-state index contributed by atoms with van der Waals surface area (Å²) in [5.41, 5.74) is 0.831. The summed E-state index contributed by atoms with van der Waals surface area (Å²) >= 11 is 6.06. The molecule has 3 heteroatoms. The van der Waals surface area contributed by atoms with Crippen molar-refractivity contribution in [1.82, 2.24) is 0 Å². The minimum absolute atomic E-state index is 0.373. The van der Waals surface area contributed by atoms with Crippen LogP contribution in [-0.4, -0.2) is 5.11 Å². The first kappa shape index (κ1) is 14.0. The summed E-state index contributed by atoms with van der Waals surface area (Å²) in [6, 6.07) is 13.7. The molecule has 0 saturated heterocycles. The summed E-state index contributed by atoms with van der Waals surface area (Å²) in [6.07, 6.45) is -0.877. The Morgan fingerprint density at radius 1 is 1.11 bits per heavy atom. The third kappa shape index (κ3) is 2.80. The molecule has 0 aliphatic carbocycles. The van der Waals surface area contributed by atoms with Gasteiger partial charge in [-0.05, 0) is 23.8 Å². The van der Waals surface area contributed by atoms with Crippen LogP contribution < -0.4 is 0 Å². The Morgan fingerprint density at radius 3 is 2.37 bits per heavy atom. The van der Waals surface area contributed by atoms with E-state index in [2.05, 4.69) is 0 Å². The Bertz CT molecular complexity index is 566. The molecule has 1 atom stereocenters. The van der Waals surface area contributed by atoms with Gasteiger partial charge in [-0.15, -0.1) is 0 Å². The average molecular weight is 279 g/mol. The molecule has 2 aromatic rings. The molecule has 0 radical (unpaired) electrons. The standard InChI is InChI=1S/C16H16ClFO/c1-16(2,11-6-4-3-5-7-11)15(19)13-10-12(18)8-9-14(13)17/h3-10,15,19H,1-2H3. The van der Waals surface area contributed by atoms with Gasteiger partial charge in [-0.1, -0.05) is 55.8 Å². The minimum atomic E-state index is -0.877. The Balaban J connectivity index is 2.43. The lowest BCUT2D eigenvalue weighted by Gasteiger charge is -2.32. The predicted molar refractivity (Wildman–Crippen MR) is 75.8 cm³/mol. The third-order valence-corrected chi connectivity index (χ3v) is 3.80. The number of aliphatic hydroxyl groups is 1. The fraction of sp³-hybridized carbons (Fsp3) is 0.250. The lowest BCUT2D eigenvalue weighted by Crippen LogP contribution is -2.27. The Morgan fingerprint density at radius 2 is 1.74 bits per heavy atom. The fourth-order valence-corrected chi connectivity index (χ4v) is 2.36. The second-order valence-corrected chi connectivity index (χ2v) is 5.56. The fourth-order valence-electron chi connectivity index (χ4n) is 2.14. The van der Waals surface area contributed by atoms with E-state index in [4.69, 9.17) is 11.6 Å². The van der Waals surface area contributed by atoms with Crippen LogP contribution in [-0.2, 0) is 5.41 Å². The number of aliphatic hydroxyl groups excluding tert-OH is 1. The first-order valence-corrected chi connectivity index (χ1v) is 6.49. The molecular formula is C16H16ClFO.